The lowest BCUT2D eigenvalue weighted by atomic mass is 9.91. The van der Waals surface area contributed by atoms with Gasteiger partial charge in [-0.3, -0.25) is 10.1 Å². The van der Waals surface area contributed by atoms with Crippen molar-refractivity contribution in [3.05, 3.63) is 28.1 Å². The Morgan fingerprint density at radius 2 is 1.90 bits per heavy atom. The maximum atomic E-state index is 14.0. The lowest BCUT2D eigenvalue weighted by molar-refractivity contribution is -0.385. The van der Waals surface area contributed by atoms with Gasteiger partial charge in [0.25, 0.3) is 0 Å². The molecule has 0 aliphatic heterocycles. The van der Waals surface area contributed by atoms with E-state index in [-0.39, 0.29) is 23.2 Å². The van der Waals surface area contributed by atoms with Crippen LogP contribution in [0.4, 0.5) is 15.8 Å². The highest BCUT2D eigenvalue weighted by molar-refractivity contribution is 5.59. The molecule has 116 valence electrons. The topological polar surface area (TPSA) is 76.4 Å². The molecule has 1 aliphatic rings. The summed E-state index contributed by atoms with van der Waals surface area (Å²) in [6.45, 7) is 0. The van der Waals surface area contributed by atoms with Crippen LogP contribution in [0.3, 0.4) is 0 Å². The second kappa shape index (κ2) is 6.71. The van der Waals surface area contributed by atoms with E-state index < -0.39 is 10.7 Å². The Kier molecular flexibility index (Phi) is 4.95. The summed E-state index contributed by atoms with van der Waals surface area (Å²) in [5.41, 5.74) is -0.107. The Morgan fingerprint density at radius 3 is 2.43 bits per heavy atom. The summed E-state index contributed by atoms with van der Waals surface area (Å²) in [6, 6.07) is 2.95. The molecule has 2 N–H and O–H groups in total. The van der Waals surface area contributed by atoms with E-state index >= 15 is 0 Å². The smallest absolute Gasteiger partial charge is 0.313 e. The monoisotopic (exact) mass is 297 g/mol. The zero-order valence-electron chi connectivity index (χ0n) is 12.2. The van der Waals surface area contributed by atoms with E-state index in [0.29, 0.717) is 6.04 Å². The van der Waals surface area contributed by atoms with Gasteiger partial charge in [-0.2, -0.15) is 0 Å². The van der Waals surface area contributed by atoms with Crippen molar-refractivity contribution in [2.45, 2.75) is 37.8 Å². The molecule has 0 amide bonds. The van der Waals surface area contributed by atoms with Crippen LogP contribution in [0.25, 0.3) is 0 Å². The fraction of sp³-hybridized carbons (Fsp3) is 0.571. The first-order chi connectivity index (χ1) is 10.0. The molecular formula is C14H20FN3O3. The number of halogens is 1. The molecular weight excluding hydrogens is 277 g/mol. The summed E-state index contributed by atoms with van der Waals surface area (Å²) >= 11 is 0. The summed E-state index contributed by atoms with van der Waals surface area (Å²) in [7, 11) is 3.28. The molecule has 0 bridgehead atoms. The van der Waals surface area contributed by atoms with Crippen LogP contribution in [0.15, 0.2) is 12.1 Å². The van der Waals surface area contributed by atoms with Gasteiger partial charge in [0, 0.05) is 18.2 Å². The van der Waals surface area contributed by atoms with Gasteiger partial charge in [-0.1, -0.05) is 0 Å². The average Bonchev–Trinajstić information content (AvgIpc) is 2.49. The predicted octanol–water partition coefficient (Wildman–Crippen LogP) is 2.69. The molecule has 0 aromatic heterocycles. The Labute approximate surface area is 122 Å². The van der Waals surface area contributed by atoms with Crippen molar-refractivity contribution >= 4 is 11.4 Å². The number of nitrogens with zero attached hydrogens (tertiary/aromatic N) is 1. The summed E-state index contributed by atoms with van der Waals surface area (Å²) in [6.07, 6.45) is 3.92. The quantitative estimate of drug-likeness (QED) is 0.645. The molecule has 0 atom stereocenters. The highest BCUT2D eigenvalue weighted by Gasteiger charge is 2.23. The van der Waals surface area contributed by atoms with Gasteiger partial charge in [-0.15, -0.1) is 0 Å². The van der Waals surface area contributed by atoms with Crippen LogP contribution in [0, 0.1) is 15.9 Å². The van der Waals surface area contributed by atoms with Crippen molar-refractivity contribution in [1.82, 2.24) is 5.32 Å². The first kappa shape index (κ1) is 15.5. The number of rotatable bonds is 5. The molecule has 2 rings (SSSR count). The van der Waals surface area contributed by atoms with Crippen molar-refractivity contribution in [2.24, 2.45) is 0 Å². The largest absolute Gasteiger partial charge is 0.490 e. The number of methoxy groups -OCH3 is 1. The molecule has 0 radical (unpaired) electrons. The Balaban J connectivity index is 2.12. The van der Waals surface area contributed by atoms with E-state index in [1.807, 2.05) is 7.05 Å². The van der Waals surface area contributed by atoms with Crippen LogP contribution < -0.4 is 15.4 Å². The van der Waals surface area contributed by atoms with Crippen molar-refractivity contribution < 1.29 is 14.1 Å². The molecule has 1 fully saturated rings. The van der Waals surface area contributed by atoms with Crippen molar-refractivity contribution in [1.29, 1.82) is 0 Å². The number of anilines is 1. The molecule has 1 aromatic carbocycles. The molecule has 7 heteroatoms. The number of nitro groups is 1. The van der Waals surface area contributed by atoms with Crippen LogP contribution >= 0.6 is 0 Å². The zero-order chi connectivity index (χ0) is 15.4. The van der Waals surface area contributed by atoms with Gasteiger partial charge in [0.05, 0.1) is 23.8 Å². The van der Waals surface area contributed by atoms with Gasteiger partial charge in [0.2, 0.25) is 0 Å². The molecule has 1 aromatic rings. The van der Waals surface area contributed by atoms with Crippen LogP contribution in [-0.2, 0) is 0 Å². The number of nitrogens with one attached hydrogen (secondary N) is 2. The van der Waals surface area contributed by atoms with Gasteiger partial charge >= 0.3 is 5.69 Å². The molecule has 0 unspecified atom stereocenters. The molecule has 0 spiro atoms. The molecule has 21 heavy (non-hydrogen) atoms. The Morgan fingerprint density at radius 1 is 1.29 bits per heavy atom. The van der Waals surface area contributed by atoms with E-state index in [9.17, 15) is 14.5 Å². The first-order valence-electron chi connectivity index (χ1n) is 7.01. The number of nitro benzene ring substituents is 1. The summed E-state index contributed by atoms with van der Waals surface area (Å²) in [4.78, 5) is 10.2. The van der Waals surface area contributed by atoms with Crippen LogP contribution in [0.5, 0.6) is 5.75 Å². The Hall–Kier alpha value is -1.89. The maximum absolute atomic E-state index is 14.0. The van der Waals surface area contributed by atoms with Gasteiger partial charge in [0.1, 0.15) is 0 Å². The zero-order valence-corrected chi connectivity index (χ0v) is 12.2. The van der Waals surface area contributed by atoms with E-state index in [1.165, 1.54) is 13.2 Å². The second-order valence-electron chi connectivity index (χ2n) is 5.24. The third-order valence-electron chi connectivity index (χ3n) is 3.96. The lowest BCUT2D eigenvalue weighted by Gasteiger charge is -2.29. The van der Waals surface area contributed by atoms with Crippen LogP contribution in [0.1, 0.15) is 25.7 Å². The molecule has 0 heterocycles. The fourth-order valence-corrected chi connectivity index (χ4v) is 2.71. The second-order valence-corrected chi connectivity index (χ2v) is 5.24. The number of hydrogen-bond acceptors (Lipinski definition) is 5. The minimum Gasteiger partial charge on any atom is -0.490 e. The van der Waals surface area contributed by atoms with Crippen LogP contribution in [0.2, 0.25) is 0 Å². The highest BCUT2D eigenvalue weighted by Crippen LogP contribution is 2.33. The Bertz CT molecular complexity index is 516. The van der Waals surface area contributed by atoms with E-state index in [0.717, 1.165) is 31.7 Å². The maximum Gasteiger partial charge on any atom is 0.313 e. The fourth-order valence-electron chi connectivity index (χ4n) is 2.71. The third kappa shape index (κ3) is 3.60. The van der Waals surface area contributed by atoms with Crippen molar-refractivity contribution in [3.63, 3.8) is 0 Å². The van der Waals surface area contributed by atoms with E-state index in [1.54, 1.807) is 0 Å². The van der Waals surface area contributed by atoms with Gasteiger partial charge in [-0.05, 0) is 32.7 Å². The summed E-state index contributed by atoms with van der Waals surface area (Å²) in [5.74, 6) is -0.564. The highest BCUT2D eigenvalue weighted by atomic mass is 19.1. The standard InChI is InChI=1S/C14H20FN3O3/c1-16-9-3-5-10(6-4-9)17-12-8-14(21-2)13(18(19)20)7-11(12)15/h7-10,16-17H,3-6H2,1-2H3. The molecule has 0 saturated heterocycles. The summed E-state index contributed by atoms with van der Waals surface area (Å²) in [5, 5.41) is 17.2. The van der Waals surface area contributed by atoms with Gasteiger partial charge in [0.15, 0.2) is 11.6 Å². The normalized spacial score (nSPS) is 21.9. The van der Waals surface area contributed by atoms with Crippen molar-refractivity contribution in [3.8, 4) is 5.75 Å². The number of hydrogen-bond donors (Lipinski definition) is 2. The molecule has 6 nitrogen and oxygen atoms in total. The number of ether oxygens (including phenoxy) is 1. The van der Waals surface area contributed by atoms with Gasteiger partial charge in [-0.25, -0.2) is 4.39 Å². The van der Waals surface area contributed by atoms with E-state index in [2.05, 4.69) is 10.6 Å². The number of benzene rings is 1. The van der Waals surface area contributed by atoms with E-state index in [4.69, 9.17) is 4.74 Å². The minimum atomic E-state index is -0.649. The predicted molar refractivity (Wildman–Crippen MR) is 78.3 cm³/mol. The van der Waals surface area contributed by atoms with Crippen LogP contribution in [-0.4, -0.2) is 31.2 Å². The lowest BCUT2D eigenvalue weighted by Crippen LogP contribution is -2.35. The molecule has 1 aliphatic carbocycles. The van der Waals surface area contributed by atoms with Gasteiger partial charge < -0.3 is 15.4 Å². The summed E-state index contributed by atoms with van der Waals surface area (Å²) < 4.78 is 19.0. The SMILES string of the molecule is CNC1CCC(Nc2cc(OC)c([N+](=O)[O-])cc2F)CC1. The van der Waals surface area contributed by atoms with Crippen molar-refractivity contribution in [2.75, 3.05) is 19.5 Å². The first-order valence-corrected chi connectivity index (χ1v) is 7.01. The average molecular weight is 297 g/mol. The third-order valence-corrected chi connectivity index (χ3v) is 3.96. The molecule has 1 saturated carbocycles. The minimum absolute atomic E-state index is 0.0628.